The number of anilines is 1. The van der Waals surface area contributed by atoms with Crippen LogP contribution in [0.4, 0.5) is 5.13 Å². The largest absolute Gasteiger partial charge is 0.337 e. The van der Waals surface area contributed by atoms with Gasteiger partial charge in [-0.05, 0) is 69.1 Å². The molecule has 0 spiro atoms. The van der Waals surface area contributed by atoms with Gasteiger partial charge >= 0.3 is 0 Å². The van der Waals surface area contributed by atoms with Crippen LogP contribution in [0, 0.1) is 29.1 Å². The lowest BCUT2D eigenvalue weighted by Crippen LogP contribution is -2.55. The molecular weight excluding hydrogens is 370 g/mol. The lowest BCUT2D eigenvalue weighted by atomic mass is 9.49. The molecular formula is C22H29N3O2S. The molecule has 0 radical (unpaired) electrons. The van der Waals surface area contributed by atoms with Crippen molar-refractivity contribution < 1.29 is 9.59 Å². The molecule has 150 valence electrons. The summed E-state index contributed by atoms with van der Waals surface area (Å²) in [6.07, 6.45) is 11.5. The van der Waals surface area contributed by atoms with E-state index in [4.69, 9.17) is 0 Å². The van der Waals surface area contributed by atoms with Gasteiger partial charge in [0.05, 0.1) is 17.7 Å². The Bertz CT molecular complexity index is 792. The van der Waals surface area contributed by atoms with Crippen LogP contribution in [0.3, 0.4) is 0 Å². The summed E-state index contributed by atoms with van der Waals surface area (Å²) in [5, 5.41) is 3.75. The van der Waals surface area contributed by atoms with Gasteiger partial charge in [0.25, 0.3) is 0 Å². The number of fused-ring (bicyclic) bond motifs is 1. The summed E-state index contributed by atoms with van der Waals surface area (Å²) in [5.41, 5.74) is 1.03. The molecule has 5 fully saturated rings. The van der Waals surface area contributed by atoms with E-state index in [2.05, 4.69) is 15.2 Å². The lowest BCUT2D eigenvalue weighted by Gasteiger charge is -2.56. The molecule has 1 aromatic heterocycles. The molecule has 1 aliphatic heterocycles. The lowest BCUT2D eigenvalue weighted by molar-refractivity contribution is -0.158. The summed E-state index contributed by atoms with van der Waals surface area (Å²) < 4.78 is 0. The molecule has 2 amide bonds. The third kappa shape index (κ3) is 2.74. The molecule has 0 saturated heterocycles. The van der Waals surface area contributed by atoms with E-state index in [-0.39, 0.29) is 17.2 Å². The molecule has 1 N–H and O–H groups in total. The van der Waals surface area contributed by atoms with Crippen LogP contribution in [0.1, 0.15) is 68.4 Å². The van der Waals surface area contributed by atoms with Gasteiger partial charge in [0.2, 0.25) is 11.8 Å². The summed E-state index contributed by atoms with van der Waals surface area (Å²) in [7, 11) is 0. The highest BCUT2D eigenvalue weighted by Gasteiger charge is 2.55. The van der Waals surface area contributed by atoms with E-state index in [1.165, 1.54) is 24.1 Å². The standard InChI is InChI=1S/C22H29N3O2S/c26-19(16-2-1-3-16)24-21-23-17-4-5-25(12-18(17)28-21)20(27)22-9-13-6-14(10-22)8-15(7-13)11-22/h13-16H,1-12H2,(H,23,24,26). The Morgan fingerprint density at radius 1 is 1.07 bits per heavy atom. The Hall–Kier alpha value is -1.43. The van der Waals surface area contributed by atoms with Gasteiger partial charge < -0.3 is 10.2 Å². The fraction of sp³-hybridized carbons (Fsp3) is 0.773. The molecule has 2 heterocycles. The van der Waals surface area contributed by atoms with Gasteiger partial charge in [-0.1, -0.05) is 17.8 Å². The third-order valence-electron chi connectivity index (χ3n) is 8.22. The van der Waals surface area contributed by atoms with Crippen LogP contribution in [0.25, 0.3) is 0 Å². The van der Waals surface area contributed by atoms with E-state index in [0.717, 1.165) is 80.1 Å². The number of rotatable bonds is 3. The average Bonchev–Trinajstić information content (AvgIpc) is 2.99. The minimum atomic E-state index is -0.0573. The molecule has 5 saturated carbocycles. The number of thiazole rings is 1. The van der Waals surface area contributed by atoms with Crippen molar-refractivity contribution in [1.29, 1.82) is 0 Å². The molecule has 1 aromatic rings. The topological polar surface area (TPSA) is 62.3 Å². The zero-order valence-corrected chi connectivity index (χ0v) is 17.2. The third-order valence-corrected chi connectivity index (χ3v) is 9.21. The minimum absolute atomic E-state index is 0.0573. The second-order valence-corrected chi connectivity index (χ2v) is 11.3. The maximum Gasteiger partial charge on any atom is 0.229 e. The van der Waals surface area contributed by atoms with Gasteiger partial charge in [-0.3, -0.25) is 9.59 Å². The summed E-state index contributed by atoms with van der Waals surface area (Å²) in [6.45, 7) is 1.47. The quantitative estimate of drug-likeness (QED) is 0.836. The van der Waals surface area contributed by atoms with Crippen molar-refractivity contribution in [2.45, 2.75) is 70.8 Å². The molecule has 5 nitrogen and oxygen atoms in total. The maximum atomic E-state index is 13.6. The first-order valence-electron chi connectivity index (χ1n) is 11.2. The van der Waals surface area contributed by atoms with Crippen molar-refractivity contribution in [3.63, 3.8) is 0 Å². The van der Waals surface area contributed by atoms with E-state index >= 15 is 0 Å². The van der Waals surface area contributed by atoms with E-state index in [1.54, 1.807) is 11.3 Å². The zero-order chi connectivity index (χ0) is 18.9. The van der Waals surface area contributed by atoms with Crippen LogP contribution >= 0.6 is 11.3 Å². The summed E-state index contributed by atoms with van der Waals surface area (Å²) in [5.74, 6) is 3.12. The highest BCUT2D eigenvalue weighted by molar-refractivity contribution is 7.15. The molecule has 28 heavy (non-hydrogen) atoms. The van der Waals surface area contributed by atoms with Crippen LogP contribution in [0.15, 0.2) is 0 Å². The normalized spacial score (nSPS) is 36.1. The molecule has 0 atom stereocenters. The Balaban J connectivity index is 1.17. The van der Waals surface area contributed by atoms with Gasteiger partial charge in [-0.2, -0.15) is 0 Å². The van der Waals surface area contributed by atoms with Gasteiger partial charge in [0.15, 0.2) is 5.13 Å². The molecule has 7 rings (SSSR count). The average molecular weight is 400 g/mol. The molecule has 6 heteroatoms. The second-order valence-electron chi connectivity index (χ2n) is 10.2. The van der Waals surface area contributed by atoms with Gasteiger partial charge in [0.1, 0.15) is 0 Å². The van der Waals surface area contributed by atoms with Crippen molar-refractivity contribution in [2.24, 2.45) is 29.1 Å². The van der Waals surface area contributed by atoms with Crippen LogP contribution in [-0.4, -0.2) is 28.2 Å². The number of carbonyl (C=O) groups is 2. The molecule has 6 aliphatic rings. The number of nitrogens with one attached hydrogen (secondary N) is 1. The fourth-order valence-corrected chi connectivity index (χ4v) is 8.03. The summed E-state index contributed by atoms with van der Waals surface area (Å²) in [6, 6.07) is 0. The molecule has 0 unspecified atom stereocenters. The van der Waals surface area contributed by atoms with Crippen molar-refractivity contribution in [2.75, 3.05) is 11.9 Å². The van der Waals surface area contributed by atoms with Crippen LogP contribution in [-0.2, 0) is 22.6 Å². The fourth-order valence-electron chi connectivity index (χ4n) is 7.01. The number of nitrogens with zero attached hydrogens (tertiary/aromatic N) is 2. The first-order valence-corrected chi connectivity index (χ1v) is 12.0. The van der Waals surface area contributed by atoms with Crippen LogP contribution in [0.2, 0.25) is 0 Å². The Kier molecular flexibility index (Phi) is 3.91. The SMILES string of the molecule is O=C(Nc1nc2c(s1)CN(C(=O)C13CC4CC(CC(C4)C1)C3)CC2)C1CCC1. The van der Waals surface area contributed by atoms with Crippen molar-refractivity contribution in [3.05, 3.63) is 10.6 Å². The zero-order valence-electron chi connectivity index (χ0n) is 16.4. The highest BCUT2D eigenvalue weighted by atomic mass is 32.1. The smallest absolute Gasteiger partial charge is 0.229 e. The van der Waals surface area contributed by atoms with E-state index in [0.29, 0.717) is 12.5 Å². The molecule has 0 aromatic carbocycles. The minimum Gasteiger partial charge on any atom is -0.337 e. The first-order chi connectivity index (χ1) is 13.6. The van der Waals surface area contributed by atoms with E-state index in [1.807, 2.05) is 0 Å². The van der Waals surface area contributed by atoms with Gasteiger partial charge in [0, 0.05) is 23.8 Å². The Morgan fingerprint density at radius 2 is 1.75 bits per heavy atom. The van der Waals surface area contributed by atoms with Crippen LogP contribution < -0.4 is 5.32 Å². The number of hydrogen-bond donors (Lipinski definition) is 1. The van der Waals surface area contributed by atoms with Crippen molar-refractivity contribution in [1.82, 2.24) is 9.88 Å². The van der Waals surface area contributed by atoms with Crippen molar-refractivity contribution >= 4 is 28.3 Å². The molecule has 4 bridgehead atoms. The van der Waals surface area contributed by atoms with E-state index < -0.39 is 0 Å². The van der Waals surface area contributed by atoms with E-state index in [9.17, 15) is 9.59 Å². The Morgan fingerprint density at radius 3 is 2.36 bits per heavy atom. The number of aromatic nitrogens is 1. The molecule has 5 aliphatic carbocycles. The predicted molar refractivity (Wildman–Crippen MR) is 108 cm³/mol. The first kappa shape index (κ1) is 17.4. The van der Waals surface area contributed by atoms with Gasteiger partial charge in [-0.15, -0.1) is 0 Å². The van der Waals surface area contributed by atoms with Crippen molar-refractivity contribution in [3.8, 4) is 0 Å². The summed E-state index contributed by atoms with van der Waals surface area (Å²) >= 11 is 1.58. The summed E-state index contributed by atoms with van der Waals surface area (Å²) in [4.78, 5) is 33.8. The van der Waals surface area contributed by atoms with Gasteiger partial charge in [-0.25, -0.2) is 4.98 Å². The number of amides is 2. The number of carbonyl (C=O) groups excluding carboxylic acids is 2. The monoisotopic (exact) mass is 399 g/mol. The maximum absolute atomic E-state index is 13.6. The second kappa shape index (κ2) is 6.28. The number of hydrogen-bond acceptors (Lipinski definition) is 4. The Labute approximate surface area is 170 Å². The van der Waals surface area contributed by atoms with Crippen LogP contribution in [0.5, 0.6) is 0 Å². The predicted octanol–water partition coefficient (Wildman–Crippen LogP) is 3.98. The highest BCUT2D eigenvalue weighted by Crippen LogP contribution is 2.60.